The summed E-state index contributed by atoms with van der Waals surface area (Å²) in [4.78, 5) is 14.2. The molecule has 2 atom stereocenters. The summed E-state index contributed by atoms with van der Waals surface area (Å²) >= 11 is 0. The highest BCUT2D eigenvalue weighted by Gasteiger charge is 2.41. The van der Waals surface area contributed by atoms with Gasteiger partial charge in [-0.15, -0.1) is 0 Å². The molecule has 4 heteroatoms. The number of nitrogens with zero attached hydrogens (tertiary/aromatic N) is 1. The summed E-state index contributed by atoms with van der Waals surface area (Å²) in [7, 11) is 0. The van der Waals surface area contributed by atoms with Crippen LogP contribution in [0.3, 0.4) is 0 Å². The second-order valence-corrected chi connectivity index (χ2v) is 5.52. The largest absolute Gasteiger partial charge is 0.321 e. The van der Waals surface area contributed by atoms with Crippen LogP contribution in [0.25, 0.3) is 0 Å². The molecular weight excluding hydrogens is 243 g/mol. The molecule has 3 rings (SSSR count). The molecule has 1 N–H and O–H groups in total. The Morgan fingerprint density at radius 1 is 1.42 bits per heavy atom. The minimum absolute atomic E-state index is 0.132. The van der Waals surface area contributed by atoms with Gasteiger partial charge in [-0.05, 0) is 42.9 Å². The van der Waals surface area contributed by atoms with Crippen LogP contribution in [0.2, 0.25) is 0 Å². The molecule has 1 heterocycles. The standard InChI is InChI=1S/C15H19FN2O/c1-2-13-15(19)18(9-10-6-7-10)14(17-13)11-4-3-5-12(16)8-11/h3-5,8,10,13-14,17H,2,6-7,9H2,1H3. The number of carbonyl (C=O) groups excluding carboxylic acids is 1. The van der Waals surface area contributed by atoms with E-state index in [1.807, 2.05) is 17.9 Å². The van der Waals surface area contributed by atoms with E-state index in [1.165, 1.54) is 25.0 Å². The number of hydrogen-bond acceptors (Lipinski definition) is 2. The van der Waals surface area contributed by atoms with Gasteiger partial charge < -0.3 is 4.90 Å². The second kappa shape index (κ2) is 4.93. The molecule has 2 unspecified atom stereocenters. The highest BCUT2D eigenvalue weighted by molar-refractivity contribution is 5.84. The fourth-order valence-electron chi connectivity index (χ4n) is 2.70. The molecule has 0 bridgehead atoms. The van der Waals surface area contributed by atoms with Crippen molar-refractivity contribution in [1.29, 1.82) is 0 Å². The topological polar surface area (TPSA) is 32.3 Å². The fraction of sp³-hybridized carbons (Fsp3) is 0.533. The maximum Gasteiger partial charge on any atom is 0.241 e. The first kappa shape index (κ1) is 12.6. The van der Waals surface area contributed by atoms with Gasteiger partial charge in [-0.1, -0.05) is 19.1 Å². The zero-order valence-corrected chi connectivity index (χ0v) is 11.1. The lowest BCUT2D eigenvalue weighted by molar-refractivity contribution is -0.130. The van der Waals surface area contributed by atoms with E-state index >= 15 is 0 Å². The molecule has 0 spiro atoms. The molecule has 1 saturated heterocycles. The van der Waals surface area contributed by atoms with Gasteiger partial charge in [0.25, 0.3) is 0 Å². The molecule has 2 fully saturated rings. The Morgan fingerprint density at radius 2 is 2.21 bits per heavy atom. The second-order valence-electron chi connectivity index (χ2n) is 5.52. The minimum Gasteiger partial charge on any atom is -0.321 e. The van der Waals surface area contributed by atoms with Crippen LogP contribution in [0.15, 0.2) is 24.3 Å². The van der Waals surface area contributed by atoms with Crippen LogP contribution in [0.1, 0.15) is 37.9 Å². The number of benzene rings is 1. The summed E-state index contributed by atoms with van der Waals surface area (Å²) in [6, 6.07) is 6.40. The number of amides is 1. The van der Waals surface area contributed by atoms with Crippen LogP contribution >= 0.6 is 0 Å². The van der Waals surface area contributed by atoms with Crippen molar-refractivity contribution in [3.8, 4) is 0 Å². The quantitative estimate of drug-likeness (QED) is 0.904. The lowest BCUT2D eigenvalue weighted by atomic mass is 10.1. The molecule has 1 aromatic carbocycles. The smallest absolute Gasteiger partial charge is 0.241 e. The third kappa shape index (κ3) is 2.50. The first-order valence-corrected chi connectivity index (χ1v) is 7.01. The summed E-state index contributed by atoms with van der Waals surface area (Å²) in [5.74, 6) is 0.541. The van der Waals surface area contributed by atoms with Gasteiger partial charge in [0.1, 0.15) is 12.0 Å². The first-order chi connectivity index (χ1) is 9.19. The molecular formula is C15H19FN2O. The van der Waals surface area contributed by atoms with Crippen LogP contribution in [0.4, 0.5) is 4.39 Å². The fourth-order valence-corrected chi connectivity index (χ4v) is 2.70. The minimum atomic E-state index is -0.252. The Labute approximate surface area is 112 Å². The molecule has 1 aliphatic carbocycles. The van der Waals surface area contributed by atoms with E-state index in [2.05, 4.69) is 5.32 Å². The van der Waals surface area contributed by atoms with Crippen LogP contribution in [0.5, 0.6) is 0 Å². The van der Waals surface area contributed by atoms with Gasteiger partial charge >= 0.3 is 0 Å². The molecule has 1 aliphatic heterocycles. The number of carbonyl (C=O) groups is 1. The molecule has 2 aliphatic rings. The maximum atomic E-state index is 13.4. The van der Waals surface area contributed by atoms with Gasteiger partial charge in [0.15, 0.2) is 0 Å². The normalized spacial score (nSPS) is 27.1. The molecule has 3 nitrogen and oxygen atoms in total. The molecule has 1 saturated carbocycles. The van der Waals surface area contributed by atoms with Crippen molar-refractivity contribution in [2.24, 2.45) is 5.92 Å². The van der Waals surface area contributed by atoms with Crippen molar-refractivity contribution >= 4 is 5.91 Å². The van der Waals surface area contributed by atoms with E-state index in [9.17, 15) is 9.18 Å². The predicted molar refractivity (Wildman–Crippen MR) is 70.8 cm³/mol. The van der Waals surface area contributed by atoms with E-state index < -0.39 is 0 Å². The number of hydrogen-bond donors (Lipinski definition) is 1. The third-order valence-corrected chi connectivity index (χ3v) is 3.98. The van der Waals surface area contributed by atoms with Crippen molar-refractivity contribution in [2.45, 2.75) is 38.4 Å². The molecule has 0 aromatic heterocycles. The average Bonchev–Trinajstić information content (AvgIpc) is 3.16. The first-order valence-electron chi connectivity index (χ1n) is 7.01. The number of rotatable bonds is 4. The van der Waals surface area contributed by atoms with E-state index in [0.717, 1.165) is 18.5 Å². The van der Waals surface area contributed by atoms with E-state index in [-0.39, 0.29) is 23.9 Å². The lowest BCUT2D eigenvalue weighted by Crippen LogP contribution is -2.32. The number of halogens is 1. The van der Waals surface area contributed by atoms with Gasteiger partial charge in [-0.3, -0.25) is 10.1 Å². The molecule has 1 amide bonds. The van der Waals surface area contributed by atoms with Crippen molar-refractivity contribution in [3.05, 3.63) is 35.6 Å². The summed E-state index contributed by atoms with van der Waals surface area (Å²) in [5, 5.41) is 3.33. The Balaban J connectivity index is 1.86. The van der Waals surface area contributed by atoms with E-state index in [1.54, 1.807) is 6.07 Å². The average molecular weight is 262 g/mol. The monoisotopic (exact) mass is 262 g/mol. The predicted octanol–water partition coefficient (Wildman–Crippen LogP) is 2.44. The Hall–Kier alpha value is -1.42. The Bertz CT molecular complexity index is 487. The highest BCUT2D eigenvalue weighted by Crippen LogP contribution is 2.35. The van der Waals surface area contributed by atoms with Crippen LogP contribution in [-0.4, -0.2) is 23.4 Å². The Morgan fingerprint density at radius 3 is 2.84 bits per heavy atom. The summed E-state index contributed by atoms with van der Waals surface area (Å²) < 4.78 is 13.4. The zero-order valence-electron chi connectivity index (χ0n) is 11.1. The zero-order chi connectivity index (χ0) is 13.4. The van der Waals surface area contributed by atoms with Crippen molar-refractivity contribution < 1.29 is 9.18 Å². The van der Waals surface area contributed by atoms with Gasteiger partial charge in [0, 0.05) is 6.54 Å². The summed E-state index contributed by atoms with van der Waals surface area (Å²) in [6.45, 7) is 2.79. The maximum absolute atomic E-state index is 13.4. The van der Waals surface area contributed by atoms with Gasteiger partial charge in [-0.25, -0.2) is 4.39 Å². The molecule has 0 radical (unpaired) electrons. The number of nitrogens with one attached hydrogen (secondary N) is 1. The van der Waals surface area contributed by atoms with Gasteiger partial charge in [-0.2, -0.15) is 0 Å². The van der Waals surface area contributed by atoms with Crippen molar-refractivity contribution in [3.63, 3.8) is 0 Å². The van der Waals surface area contributed by atoms with Gasteiger partial charge in [0.05, 0.1) is 6.04 Å². The summed E-state index contributed by atoms with van der Waals surface area (Å²) in [6.07, 6.45) is 3.01. The van der Waals surface area contributed by atoms with Crippen LogP contribution in [0, 0.1) is 11.7 Å². The molecule has 1 aromatic rings. The lowest BCUT2D eigenvalue weighted by Gasteiger charge is -2.24. The molecule has 102 valence electrons. The highest BCUT2D eigenvalue weighted by atomic mass is 19.1. The van der Waals surface area contributed by atoms with Gasteiger partial charge in [0.2, 0.25) is 5.91 Å². The Kier molecular flexibility index (Phi) is 3.27. The third-order valence-electron chi connectivity index (χ3n) is 3.98. The SMILES string of the molecule is CCC1NC(c2cccc(F)c2)N(CC2CC2)C1=O. The van der Waals surface area contributed by atoms with Crippen molar-refractivity contribution in [2.75, 3.05) is 6.54 Å². The van der Waals surface area contributed by atoms with Crippen molar-refractivity contribution in [1.82, 2.24) is 10.2 Å². The van der Waals surface area contributed by atoms with E-state index in [4.69, 9.17) is 0 Å². The summed E-state index contributed by atoms with van der Waals surface area (Å²) in [5.41, 5.74) is 0.838. The van der Waals surface area contributed by atoms with Crippen LogP contribution in [-0.2, 0) is 4.79 Å². The molecule has 19 heavy (non-hydrogen) atoms. The van der Waals surface area contributed by atoms with E-state index in [0.29, 0.717) is 5.92 Å². The van der Waals surface area contributed by atoms with Crippen LogP contribution < -0.4 is 5.32 Å².